The van der Waals surface area contributed by atoms with E-state index in [2.05, 4.69) is 10.3 Å². The van der Waals surface area contributed by atoms with Gasteiger partial charge in [0, 0.05) is 54.6 Å². The number of carbonyl (C=O) groups excluding carboxylic acids is 1. The van der Waals surface area contributed by atoms with Crippen LogP contribution in [0.3, 0.4) is 0 Å². The van der Waals surface area contributed by atoms with E-state index < -0.39 is 11.7 Å². The first kappa shape index (κ1) is 19.0. The Hall–Kier alpha value is -2.38. The minimum absolute atomic E-state index is 0.0715. The van der Waals surface area contributed by atoms with Crippen LogP contribution in [0.5, 0.6) is 0 Å². The number of aliphatic hydroxyl groups is 1. The Morgan fingerprint density at radius 2 is 2.18 bits per heavy atom. The number of anilines is 2. The summed E-state index contributed by atoms with van der Waals surface area (Å²) in [6.07, 6.45) is 3.20. The van der Waals surface area contributed by atoms with Crippen molar-refractivity contribution in [3.8, 4) is 11.1 Å². The average Bonchev–Trinajstić information content (AvgIpc) is 3.20. The Morgan fingerprint density at radius 3 is 2.82 bits per heavy atom. The number of hydrogen-bond donors (Lipinski definition) is 3. The van der Waals surface area contributed by atoms with Crippen LogP contribution in [-0.2, 0) is 5.41 Å². The third kappa shape index (κ3) is 2.72. The first-order valence-electron chi connectivity index (χ1n) is 9.16. The van der Waals surface area contributed by atoms with Crippen LogP contribution in [0.4, 0.5) is 15.9 Å². The molecule has 1 aromatic carbocycles. The van der Waals surface area contributed by atoms with Crippen molar-refractivity contribution in [2.24, 2.45) is 0 Å². The highest BCUT2D eigenvalue weighted by molar-refractivity contribution is 6.34. The Kier molecular flexibility index (Phi) is 4.47. The fourth-order valence-electron chi connectivity index (χ4n) is 4.36. The highest BCUT2D eigenvalue weighted by Gasteiger charge is 2.47. The zero-order valence-corrected chi connectivity index (χ0v) is 16.5. The lowest BCUT2D eigenvalue weighted by Gasteiger charge is -2.24. The molecule has 1 aromatic heterocycles. The van der Waals surface area contributed by atoms with E-state index in [0.29, 0.717) is 35.8 Å². The van der Waals surface area contributed by atoms with Gasteiger partial charge in [-0.05, 0) is 31.4 Å². The quantitative estimate of drug-likeness (QED) is 0.669. The third-order valence-corrected chi connectivity index (χ3v) is 6.20. The molecule has 2 heterocycles. The summed E-state index contributed by atoms with van der Waals surface area (Å²) >= 11 is 6.76. The van der Waals surface area contributed by atoms with Gasteiger partial charge in [-0.15, -0.1) is 0 Å². The number of aliphatic hydroxyl groups excluding tert-OH is 1. The molecular formula is C20H22ClFN4O2. The number of amides is 1. The summed E-state index contributed by atoms with van der Waals surface area (Å²) in [7, 11) is 3.08. The molecule has 0 unspecified atom stereocenters. The molecule has 6 nitrogen and oxygen atoms in total. The molecule has 2 aliphatic rings. The van der Waals surface area contributed by atoms with Crippen molar-refractivity contribution in [3.63, 3.8) is 0 Å². The normalized spacial score (nSPS) is 23.0. The minimum Gasteiger partial charge on any atom is -0.398 e. The van der Waals surface area contributed by atoms with E-state index in [1.807, 2.05) is 0 Å². The van der Waals surface area contributed by atoms with Crippen LogP contribution in [0, 0.1) is 5.82 Å². The molecule has 1 amide bonds. The summed E-state index contributed by atoms with van der Waals surface area (Å²) in [6, 6.07) is 3.02. The summed E-state index contributed by atoms with van der Waals surface area (Å²) in [6.45, 7) is 0.643. The number of nitrogens with two attached hydrogens (primary N) is 1. The van der Waals surface area contributed by atoms with E-state index in [1.165, 1.54) is 23.2 Å². The number of fused-ring (bicyclic) bond motifs is 2. The maximum Gasteiger partial charge on any atom is 0.258 e. The summed E-state index contributed by atoms with van der Waals surface area (Å²) in [5.41, 5.74) is 6.87. The van der Waals surface area contributed by atoms with E-state index >= 15 is 4.39 Å². The maximum absolute atomic E-state index is 15.3. The smallest absolute Gasteiger partial charge is 0.258 e. The molecule has 0 saturated heterocycles. The van der Waals surface area contributed by atoms with Crippen LogP contribution in [0.1, 0.15) is 35.2 Å². The van der Waals surface area contributed by atoms with Gasteiger partial charge in [0.2, 0.25) is 0 Å². The first-order chi connectivity index (χ1) is 13.2. The summed E-state index contributed by atoms with van der Waals surface area (Å²) in [5, 5.41) is 13.7. The van der Waals surface area contributed by atoms with Gasteiger partial charge >= 0.3 is 0 Å². The number of benzene rings is 1. The van der Waals surface area contributed by atoms with Gasteiger partial charge in [0.1, 0.15) is 11.6 Å². The number of pyridine rings is 1. The molecule has 4 rings (SSSR count). The number of halogens is 2. The number of nitrogens with one attached hydrogen (secondary N) is 1. The molecule has 4 N–H and O–H groups in total. The Labute approximate surface area is 167 Å². The van der Waals surface area contributed by atoms with Gasteiger partial charge in [0.05, 0.1) is 16.7 Å². The number of nitrogens with zero attached hydrogens (tertiary/aromatic N) is 2. The Morgan fingerprint density at radius 1 is 1.43 bits per heavy atom. The van der Waals surface area contributed by atoms with Crippen molar-refractivity contribution in [1.82, 2.24) is 9.88 Å². The van der Waals surface area contributed by atoms with E-state index in [9.17, 15) is 9.90 Å². The second kappa shape index (κ2) is 6.60. The van der Waals surface area contributed by atoms with E-state index in [-0.39, 0.29) is 28.3 Å². The molecule has 2 atom stereocenters. The molecule has 148 valence electrons. The van der Waals surface area contributed by atoms with Crippen molar-refractivity contribution in [2.75, 3.05) is 31.7 Å². The molecule has 8 heteroatoms. The maximum atomic E-state index is 15.3. The standard InChI is InChI=1S/C20H22ClFN4O2/c1-26(2)19(28)14-13(23)4-3-11(17(14)22)12-8-24-18-15(16(12)21)20(9-25-18)6-5-10(27)7-20/h3-4,8,10,27H,5-7,9,23H2,1-2H3,(H,24,25)/t10-,20-/m1/s1. The van der Waals surface area contributed by atoms with Crippen LogP contribution in [0.15, 0.2) is 18.3 Å². The van der Waals surface area contributed by atoms with Crippen molar-refractivity contribution >= 4 is 29.0 Å². The summed E-state index contributed by atoms with van der Waals surface area (Å²) < 4.78 is 15.3. The largest absolute Gasteiger partial charge is 0.398 e. The predicted molar refractivity (Wildman–Crippen MR) is 107 cm³/mol. The molecule has 28 heavy (non-hydrogen) atoms. The second-order valence-corrected chi connectivity index (χ2v) is 8.21. The number of hydrogen-bond acceptors (Lipinski definition) is 5. The molecule has 1 saturated carbocycles. The van der Waals surface area contributed by atoms with Gasteiger partial charge < -0.3 is 21.1 Å². The van der Waals surface area contributed by atoms with E-state index in [4.69, 9.17) is 17.3 Å². The summed E-state index contributed by atoms with van der Waals surface area (Å²) in [4.78, 5) is 18.1. The molecule has 2 aromatic rings. The highest BCUT2D eigenvalue weighted by Crippen LogP contribution is 2.52. The summed E-state index contributed by atoms with van der Waals surface area (Å²) in [5.74, 6) is -0.559. The number of rotatable bonds is 2. The van der Waals surface area contributed by atoms with Crippen LogP contribution in [-0.4, -0.2) is 47.6 Å². The predicted octanol–water partition coefficient (Wildman–Crippen LogP) is 3.03. The number of nitrogen functional groups attached to an aromatic ring is 1. The Balaban J connectivity index is 1.88. The minimum atomic E-state index is -0.714. The van der Waals surface area contributed by atoms with Crippen LogP contribution >= 0.6 is 11.6 Å². The fraction of sp³-hybridized carbons (Fsp3) is 0.400. The van der Waals surface area contributed by atoms with Crippen molar-refractivity contribution < 1.29 is 14.3 Å². The monoisotopic (exact) mass is 404 g/mol. The Bertz CT molecular complexity index is 977. The van der Waals surface area contributed by atoms with Gasteiger partial charge in [-0.3, -0.25) is 4.79 Å². The van der Waals surface area contributed by atoms with Gasteiger partial charge in [-0.25, -0.2) is 9.37 Å². The van der Waals surface area contributed by atoms with Gasteiger partial charge in [0.25, 0.3) is 5.91 Å². The van der Waals surface area contributed by atoms with Gasteiger partial charge in [0.15, 0.2) is 0 Å². The molecule has 1 fully saturated rings. The van der Waals surface area contributed by atoms with Crippen LogP contribution in [0.25, 0.3) is 11.1 Å². The lowest BCUT2D eigenvalue weighted by atomic mass is 9.80. The van der Waals surface area contributed by atoms with Crippen LogP contribution < -0.4 is 11.1 Å². The zero-order valence-electron chi connectivity index (χ0n) is 15.7. The molecule has 0 bridgehead atoms. The van der Waals surface area contributed by atoms with Crippen LogP contribution in [0.2, 0.25) is 5.02 Å². The SMILES string of the molecule is CN(C)C(=O)c1c(N)ccc(-c2cnc3c(c2Cl)[C@@]2(CC[C@@H](O)C2)CN3)c1F. The molecule has 1 aliphatic heterocycles. The second-order valence-electron chi connectivity index (χ2n) is 7.83. The van der Waals surface area contributed by atoms with Crippen molar-refractivity contribution in [3.05, 3.63) is 40.3 Å². The molecule has 1 spiro atoms. The topological polar surface area (TPSA) is 91.5 Å². The van der Waals surface area contributed by atoms with Crippen molar-refractivity contribution in [1.29, 1.82) is 0 Å². The third-order valence-electron chi connectivity index (χ3n) is 5.81. The highest BCUT2D eigenvalue weighted by atomic mass is 35.5. The van der Waals surface area contributed by atoms with Gasteiger partial charge in [-0.2, -0.15) is 0 Å². The lowest BCUT2D eigenvalue weighted by molar-refractivity contribution is 0.0824. The van der Waals surface area contributed by atoms with Gasteiger partial charge in [-0.1, -0.05) is 11.6 Å². The molecular weight excluding hydrogens is 383 g/mol. The number of carbonyl (C=O) groups is 1. The lowest BCUT2D eigenvalue weighted by Crippen LogP contribution is -2.26. The molecule has 1 aliphatic carbocycles. The average molecular weight is 405 g/mol. The van der Waals surface area contributed by atoms with E-state index in [0.717, 1.165) is 12.0 Å². The van der Waals surface area contributed by atoms with E-state index in [1.54, 1.807) is 14.1 Å². The molecule has 0 radical (unpaired) electrons. The zero-order chi connectivity index (χ0) is 20.2. The first-order valence-corrected chi connectivity index (χ1v) is 9.54. The number of aromatic nitrogens is 1. The fourth-order valence-corrected chi connectivity index (χ4v) is 4.80. The van der Waals surface area contributed by atoms with Crippen molar-refractivity contribution in [2.45, 2.75) is 30.8 Å².